The number of hydrogen-bond acceptors (Lipinski definition) is 2. The van der Waals surface area contributed by atoms with Crippen molar-refractivity contribution in [3.63, 3.8) is 0 Å². The first kappa shape index (κ1) is 11.7. The van der Waals surface area contributed by atoms with Crippen LogP contribution < -0.4 is 5.32 Å². The van der Waals surface area contributed by atoms with Gasteiger partial charge in [0.05, 0.1) is 0 Å². The summed E-state index contributed by atoms with van der Waals surface area (Å²) in [5.41, 5.74) is 1.27. The Morgan fingerprint density at radius 2 is 2.35 bits per heavy atom. The summed E-state index contributed by atoms with van der Waals surface area (Å²) >= 11 is 5.90. The predicted octanol–water partition coefficient (Wildman–Crippen LogP) is 2.28. The number of carbonyl (C=O) groups excluding carboxylic acids is 1. The van der Waals surface area contributed by atoms with Crippen LogP contribution in [-0.4, -0.2) is 22.0 Å². The molecule has 0 atom stereocenters. The van der Waals surface area contributed by atoms with Crippen molar-refractivity contribution in [1.82, 2.24) is 14.9 Å². The van der Waals surface area contributed by atoms with Gasteiger partial charge in [-0.3, -0.25) is 4.79 Å². The highest BCUT2D eigenvalue weighted by Crippen LogP contribution is 2.14. The van der Waals surface area contributed by atoms with E-state index in [0.29, 0.717) is 17.3 Å². The SMILES string of the molecule is CCNC(=O)c1cn(-c2cccc(Cl)c2)cn1. The van der Waals surface area contributed by atoms with Gasteiger partial charge in [0.1, 0.15) is 12.0 Å². The third kappa shape index (κ3) is 2.65. The lowest BCUT2D eigenvalue weighted by Gasteiger charge is -2.01. The Balaban J connectivity index is 2.27. The van der Waals surface area contributed by atoms with Gasteiger partial charge < -0.3 is 9.88 Å². The molecule has 4 nitrogen and oxygen atoms in total. The summed E-state index contributed by atoms with van der Waals surface area (Å²) in [7, 11) is 0. The molecule has 0 fully saturated rings. The predicted molar refractivity (Wildman–Crippen MR) is 66.6 cm³/mol. The average molecular weight is 250 g/mol. The van der Waals surface area contributed by atoms with Crippen molar-refractivity contribution < 1.29 is 4.79 Å². The maximum Gasteiger partial charge on any atom is 0.271 e. The largest absolute Gasteiger partial charge is 0.351 e. The molecule has 17 heavy (non-hydrogen) atoms. The summed E-state index contributed by atoms with van der Waals surface area (Å²) in [6.07, 6.45) is 3.27. The molecule has 0 spiro atoms. The second kappa shape index (κ2) is 5.01. The minimum Gasteiger partial charge on any atom is -0.351 e. The zero-order valence-corrected chi connectivity index (χ0v) is 10.1. The minimum atomic E-state index is -0.173. The number of nitrogens with zero attached hydrogens (tertiary/aromatic N) is 2. The number of nitrogens with one attached hydrogen (secondary N) is 1. The molecule has 1 amide bonds. The lowest BCUT2D eigenvalue weighted by atomic mass is 10.3. The first-order chi connectivity index (χ1) is 8.20. The van der Waals surface area contributed by atoms with E-state index in [0.717, 1.165) is 5.69 Å². The molecule has 0 aliphatic rings. The van der Waals surface area contributed by atoms with Gasteiger partial charge in [0, 0.05) is 23.5 Å². The van der Waals surface area contributed by atoms with Gasteiger partial charge >= 0.3 is 0 Å². The van der Waals surface area contributed by atoms with Gasteiger partial charge in [-0.15, -0.1) is 0 Å². The van der Waals surface area contributed by atoms with Gasteiger partial charge in [0.2, 0.25) is 0 Å². The van der Waals surface area contributed by atoms with E-state index < -0.39 is 0 Å². The van der Waals surface area contributed by atoms with Crippen molar-refractivity contribution in [2.75, 3.05) is 6.54 Å². The number of amides is 1. The summed E-state index contributed by atoms with van der Waals surface area (Å²) in [6, 6.07) is 7.36. The van der Waals surface area contributed by atoms with Crippen LogP contribution in [0.4, 0.5) is 0 Å². The third-order valence-electron chi connectivity index (χ3n) is 2.26. The maximum atomic E-state index is 11.5. The lowest BCUT2D eigenvalue weighted by Crippen LogP contribution is -2.22. The van der Waals surface area contributed by atoms with E-state index in [-0.39, 0.29) is 5.91 Å². The van der Waals surface area contributed by atoms with Crippen LogP contribution in [0.25, 0.3) is 5.69 Å². The maximum absolute atomic E-state index is 11.5. The molecule has 5 heteroatoms. The lowest BCUT2D eigenvalue weighted by molar-refractivity contribution is 0.0951. The monoisotopic (exact) mass is 249 g/mol. The molecule has 0 unspecified atom stereocenters. The summed E-state index contributed by atoms with van der Waals surface area (Å²) in [6.45, 7) is 2.45. The molecule has 0 aliphatic heterocycles. The van der Waals surface area contributed by atoms with Gasteiger partial charge in [-0.1, -0.05) is 17.7 Å². The highest BCUT2D eigenvalue weighted by atomic mass is 35.5. The van der Waals surface area contributed by atoms with Crippen molar-refractivity contribution in [1.29, 1.82) is 0 Å². The van der Waals surface area contributed by atoms with E-state index in [4.69, 9.17) is 11.6 Å². The van der Waals surface area contributed by atoms with E-state index in [9.17, 15) is 4.79 Å². The van der Waals surface area contributed by atoms with Crippen LogP contribution in [0, 0.1) is 0 Å². The van der Waals surface area contributed by atoms with Crippen molar-refractivity contribution in [3.8, 4) is 5.69 Å². The number of imidazole rings is 1. The summed E-state index contributed by atoms with van der Waals surface area (Å²) in [4.78, 5) is 15.6. The topological polar surface area (TPSA) is 46.9 Å². The Morgan fingerprint density at radius 1 is 1.53 bits per heavy atom. The van der Waals surface area contributed by atoms with E-state index >= 15 is 0 Å². The number of aromatic nitrogens is 2. The van der Waals surface area contributed by atoms with Crippen LogP contribution >= 0.6 is 11.6 Å². The van der Waals surface area contributed by atoms with Gasteiger partial charge in [-0.05, 0) is 25.1 Å². The van der Waals surface area contributed by atoms with Gasteiger partial charge in [0.15, 0.2) is 0 Å². The summed E-state index contributed by atoms with van der Waals surface area (Å²) in [5, 5.41) is 3.35. The molecule has 2 rings (SSSR count). The first-order valence-electron chi connectivity index (χ1n) is 5.29. The molecule has 2 aromatic rings. The fraction of sp³-hybridized carbons (Fsp3) is 0.167. The minimum absolute atomic E-state index is 0.173. The standard InChI is InChI=1S/C12H12ClN3O/c1-2-14-12(17)11-7-16(8-15-11)10-5-3-4-9(13)6-10/h3-8H,2H2,1H3,(H,14,17). The zero-order chi connectivity index (χ0) is 12.3. The quantitative estimate of drug-likeness (QED) is 0.907. The Labute approximate surface area is 104 Å². The van der Waals surface area contributed by atoms with Gasteiger partial charge in [0.25, 0.3) is 5.91 Å². The third-order valence-corrected chi connectivity index (χ3v) is 2.49. The van der Waals surface area contributed by atoms with Crippen molar-refractivity contribution >= 4 is 17.5 Å². The summed E-state index contributed by atoms with van der Waals surface area (Å²) in [5.74, 6) is -0.173. The van der Waals surface area contributed by atoms with Gasteiger partial charge in [-0.2, -0.15) is 0 Å². The fourth-order valence-electron chi connectivity index (χ4n) is 1.47. The second-order valence-corrected chi connectivity index (χ2v) is 3.94. The smallest absolute Gasteiger partial charge is 0.271 e. The average Bonchev–Trinajstić information content (AvgIpc) is 2.78. The van der Waals surface area contributed by atoms with Crippen molar-refractivity contribution in [2.45, 2.75) is 6.92 Å². The molecule has 1 heterocycles. The molecule has 1 aromatic carbocycles. The molecule has 0 saturated carbocycles. The highest BCUT2D eigenvalue weighted by molar-refractivity contribution is 6.30. The van der Waals surface area contributed by atoms with E-state index in [2.05, 4.69) is 10.3 Å². The highest BCUT2D eigenvalue weighted by Gasteiger charge is 2.08. The van der Waals surface area contributed by atoms with Crippen LogP contribution in [-0.2, 0) is 0 Å². The zero-order valence-electron chi connectivity index (χ0n) is 9.35. The number of halogens is 1. The molecule has 1 N–H and O–H groups in total. The first-order valence-corrected chi connectivity index (χ1v) is 5.66. The number of rotatable bonds is 3. The van der Waals surface area contributed by atoms with Crippen LogP contribution in [0.5, 0.6) is 0 Å². The normalized spacial score (nSPS) is 10.2. The van der Waals surface area contributed by atoms with Crippen molar-refractivity contribution in [2.24, 2.45) is 0 Å². The summed E-state index contributed by atoms with van der Waals surface area (Å²) < 4.78 is 1.76. The Hall–Kier alpha value is -1.81. The van der Waals surface area contributed by atoms with E-state index in [1.807, 2.05) is 25.1 Å². The molecule has 0 bridgehead atoms. The van der Waals surface area contributed by atoms with Crippen LogP contribution in [0.2, 0.25) is 5.02 Å². The van der Waals surface area contributed by atoms with Crippen LogP contribution in [0.3, 0.4) is 0 Å². The van der Waals surface area contributed by atoms with E-state index in [1.54, 1.807) is 23.2 Å². The molecule has 0 radical (unpaired) electrons. The molecule has 1 aromatic heterocycles. The number of carbonyl (C=O) groups is 1. The fourth-order valence-corrected chi connectivity index (χ4v) is 1.65. The second-order valence-electron chi connectivity index (χ2n) is 3.51. The molecule has 88 valence electrons. The van der Waals surface area contributed by atoms with Gasteiger partial charge in [-0.25, -0.2) is 4.98 Å². The Kier molecular flexibility index (Phi) is 3.44. The Bertz CT molecular complexity index is 536. The Morgan fingerprint density at radius 3 is 3.06 bits per heavy atom. The van der Waals surface area contributed by atoms with Crippen LogP contribution in [0.1, 0.15) is 17.4 Å². The van der Waals surface area contributed by atoms with Crippen molar-refractivity contribution in [3.05, 3.63) is 47.5 Å². The number of benzene rings is 1. The molecule has 0 aliphatic carbocycles. The molecule has 0 saturated heterocycles. The molecular formula is C12H12ClN3O. The molecular weight excluding hydrogens is 238 g/mol. The van der Waals surface area contributed by atoms with Crippen LogP contribution in [0.15, 0.2) is 36.8 Å². The number of hydrogen-bond donors (Lipinski definition) is 1. The van der Waals surface area contributed by atoms with E-state index in [1.165, 1.54) is 0 Å².